The van der Waals surface area contributed by atoms with Crippen LogP contribution in [0.2, 0.25) is 0 Å². The van der Waals surface area contributed by atoms with Gasteiger partial charge in [-0.15, -0.1) is 11.8 Å². The summed E-state index contributed by atoms with van der Waals surface area (Å²) in [6, 6.07) is 16.8. The fourth-order valence-corrected chi connectivity index (χ4v) is 4.05. The van der Waals surface area contributed by atoms with Gasteiger partial charge >= 0.3 is 0 Å². The molecule has 1 amide bonds. The zero-order valence-electron chi connectivity index (χ0n) is 14.5. The van der Waals surface area contributed by atoms with Crippen molar-refractivity contribution in [3.8, 4) is 0 Å². The second-order valence-electron chi connectivity index (χ2n) is 5.84. The van der Waals surface area contributed by atoms with Crippen LogP contribution in [0.4, 0.5) is 0 Å². The first-order valence-corrected chi connectivity index (χ1v) is 10.2. The van der Waals surface area contributed by atoms with Gasteiger partial charge in [-0.3, -0.25) is 4.79 Å². The molecule has 1 N–H and O–H groups in total. The number of hydrogen-bond acceptors (Lipinski definition) is 3. The molecule has 0 aliphatic carbocycles. The van der Waals surface area contributed by atoms with Gasteiger partial charge in [0.2, 0.25) is 5.91 Å². The molecule has 0 radical (unpaired) electrons. The van der Waals surface area contributed by atoms with Crippen molar-refractivity contribution in [1.29, 1.82) is 0 Å². The highest BCUT2D eigenvalue weighted by atomic mass is 32.2. The standard InChI is InChI=1S/C20H25NOS2/c1-15-8-10-19(11-9-15)24-17(3)20(22)21-12-13-23-14-18-7-5-4-6-16(18)2/h4-11,17H,12-14H2,1-3H3,(H,21,22)/t17-/m1/s1. The van der Waals surface area contributed by atoms with Crippen LogP contribution < -0.4 is 5.32 Å². The summed E-state index contributed by atoms with van der Waals surface area (Å²) in [5.74, 6) is 2.04. The summed E-state index contributed by atoms with van der Waals surface area (Å²) in [6.07, 6.45) is 0. The SMILES string of the molecule is Cc1ccc(S[C@H](C)C(=O)NCCSCc2ccccc2C)cc1. The largest absolute Gasteiger partial charge is 0.354 e. The third kappa shape index (κ3) is 6.25. The normalized spacial score (nSPS) is 12.0. The Balaban J connectivity index is 1.65. The smallest absolute Gasteiger partial charge is 0.233 e. The van der Waals surface area contributed by atoms with E-state index in [0.717, 1.165) is 16.4 Å². The molecule has 0 fully saturated rings. The average molecular weight is 360 g/mol. The molecule has 2 nitrogen and oxygen atoms in total. The summed E-state index contributed by atoms with van der Waals surface area (Å²) < 4.78 is 0. The molecule has 0 aliphatic rings. The molecule has 4 heteroatoms. The minimum atomic E-state index is -0.0749. The lowest BCUT2D eigenvalue weighted by Gasteiger charge is -2.12. The highest BCUT2D eigenvalue weighted by molar-refractivity contribution is 8.00. The molecule has 0 aliphatic heterocycles. The lowest BCUT2D eigenvalue weighted by molar-refractivity contribution is -0.120. The van der Waals surface area contributed by atoms with Gasteiger partial charge in [-0.05, 0) is 44.0 Å². The Morgan fingerprint density at radius 1 is 1.08 bits per heavy atom. The maximum Gasteiger partial charge on any atom is 0.233 e. The van der Waals surface area contributed by atoms with Gasteiger partial charge in [-0.1, -0.05) is 42.0 Å². The number of aryl methyl sites for hydroxylation is 2. The molecule has 0 unspecified atom stereocenters. The Morgan fingerprint density at radius 2 is 1.79 bits per heavy atom. The van der Waals surface area contributed by atoms with Crippen molar-refractivity contribution in [1.82, 2.24) is 5.32 Å². The van der Waals surface area contributed by atoms with Gasteiger partial charge in [-0.2, -0.15) is 11.8 Å². The van der Waals surface area contributed by atoms with Crippen molar-refractivity contribution in [3.63, 3.8) is 0 Å². The lowest BCUT2D eigenvalue weighted by atomic mass is 10.1. The van der Waals surface area contributed by atoms with Crippen LogP contribution >= 0.6 is 23.5 Å². The van der Waals surface area contributed by atoms with E-state index in [9.17, 15) is 4.79 Å². The molecular formula is C20H25NOS2. The molecular weight excluding hydrogens is 334 g/mol. The first kappa shape index (κ1) is 18.9. The molecule has 128 valence electrons. The Bertz CT molecular complexity index is 655. The van der Waals surface area contributed by atoms with Gasteiger partial charge in [0.05, 0.1) is 5.25 Å². The number of amides is 1. The van der Waals surface area contributed by atoms with Crippen molar-refractivity contribution >= 4 is 29.4 Å². The van der Waals surface area contributed by atoms with Crippen LogP contribution in [0.25, 0.3) is 0 Å². The Morgan fingerprint density at radius 3 is 2.50 bits per heavy atom. The molecule has 2 aromatic rings. The van der Waals surface area contributed by atoms with Crippen molar-refractivity contribution in [2.24, 2.45) is 0 Å². The molecule has 0 saturated heterocycles. The van der Waals surface area contributed by atoms with E-state index >= 15 is 0 Å². The lowest BCUT2D eigenvalue weighted by Crippen LogP contribution is -2.32. The van der Waals surface area contributed by atoms with E-state index in [1.54, 1.807) is 11.8 Å². The van der Waals surface area contributed by atoms with E-state index in [2.05, 4.69) is 67.7 Å². The van der Waals surface area contributed by atoms with Crippen LogP contribution in [0.5, 0.6) is 0 Å². The van der Waals surface area contributed by atoms with Gasteiger partial charge in [0, 0.05) is 22.9 Å². The van der Waals surface area contributed by atoms with Crippen molar-refractivity contribution < 1.29 is 4.79 Å². The number of hydrogen-bond donors (Lipinski definition) is 1. The van der Waals surface area contributed by atoms with E-state index < -0.39 is 0 Å². The van der Waals surface area contributed by atoms with Crippen LogP contribution in [0.3, 0.4) is 0 Å². The fourth-order valence-electron chi connectivity index (χ4n) is 2.22. The van der Waals surface area contributed by atoms with Crippen molar-refractivity contribution in [3.05, 3.63) is 65.2 Å². The average Bonchev–Trinajstić information content (AvgIpc) is 2.58. The van der Waals surface area contributed by atoms with E-state index in [1.165, 1.54) is 16.7 Å². The summed E-state index contributed by atoms with van der Waals surface area (Å²) in [5.41, 5.74) is 3.94. The molecule has 24 heavy (non-hydrogen) atoms. The molecule has 0 spiro atoms. The maximum atomic E-state index is 12.2. The summed E-state index contributed by atoms with van der Waals surface area (Å²) in [5, 5.41) is 2.96. The predicted octanol–water partition coefficient (Wildman–Crippen LogP) is 4.83. The van der Waals surface area contributed by atoms with E-state index in [-0.39, 0.29) is 11.2 Å². The molecule has 0 aromatic heterocycles. The monoisotopic (exact) mass is 359 g/mol. The first-order chi connectivity index (χ1) is 11.6. The van der Waals surface area contributed by atoms with Crippen LogP contribution in [-0.2, 0) is 10.5 Å². The zero-order valence-corrected chi connectivity index (χ0v) is 16.2. The van der Waals surface area contributed by atoms with Gasteiger partial charge in [-0.25, -0.2) is 0 Å². The summed E-state index contributed by atoms with van der Waals surface area (Å²) >= 11 is 3.46. The topological polar surface area (TPSA) is 29.1 Å². The van der Waals surface area contributed by atoms with Gasteiger partial charge < -0.3 is 5.32 Å². The van der Waals surface area contributed by atoms with Gasteiger partial charge in [0.25, 0.3) is 0 Å². The van der Waals surface area contributed by atoms with E-state index in [1.807, 2.05) is 18.7 Å². The van der Waals surface area contributed by atoms with E-state index in [4.69, 9.17) is 0 Å². The number of nitrogens with one attached hydrogen (secondary N) is 1. The third-order valence-electron chi connectivity index (χ3n) is 3.77. The number of thioether (sulfide) groups is 2. The minimum absolute atomic E-state index is 0.0749. The third-order valence-corrected chi connectivity index (χ3v) is 5.89. The molecule has 0 saturated carbocycles. The van der Waals surface area contributed by atoms with Gasteiger partial charge in [0.15, 0.2) is 0 Å². The molecule has 0 bridgehead atoms. The summed E-state index contributed by atoms with van der Waals surface area (Å²) in [6.45, 7) is 6.88. The predicted molar refractivity (Wildman–Crippen MR) is 107 cm³/mol. The van der Waals surface area contributed by atoms with Crippen LogP contribution in [0.15, 0.2) is 53.4 Å². The summed E-state index contributed by atoms with van der Waals surface area (Å²) in [4.78, 5) is 13.3. The second kappa shape index (κ2) is 9.80. The van der Waals surface area contributed by atoms with E-state index in [0.29, 0.717) is 6.54 Å². The minimum Gasteiger partial charge on any atom is -0.354 e. The van der Waals surface area contributed by atoms with Crippen LogP contribution in [0.1, 0.15) is 23.6 Å². The quantitative estimate of drug-likeness (QED) is 0.540. The van der Waals surface area contributed by atoms with Gasteiger partial charge in [0.1, 0.15) is 0 Å². The van der Waals surface area contributed by atoms with Crippen LogP contribution in [0, 0.1) is 13.8 Å². The molecule has 2 rings (SSSR count). The number of rotatable bonds is 8. The Labute approximate surface area is 153 Å². The Kier molecular flexibility index (Phi) is 7.73. The molecule has 1 atom stereocenters. The highest BCUT2D eigenvalue weighted by Crippen LogP contribution is 2.23. The summed E-state index contributed by atoms with van der Waals surface area (Å²) in [7, 11) is 0. The molecule has 0 heterocycles. The number of carbonyl (C=O) groups excluding carboxylic acids is 1. The molecule has 2 aromatic carbocycles. The number of benzene rings is 2. The first-order valence-electron chi connectivity index (χ1n) is 8.19. The van der Waals surface area contributed by atoms with Crippen molar-refractivity contribution in [2.75, 3.05) is 12.3 Å². The highest BCUT2D eigenvalue weighted by Gasteiger charge is 2.13. The second-order valence-corrected chi connectivity index (χ2v) is 8.36. The van der Waals surface area contributed by atoms with Crippen molar-refractivity contribution in [2.45, 2.75) is 36.7 Å². The van der Waals surface area contributed by atoms with Crippen LogP contribution in [-0.4, -0.2) is 23.5 Å². The Hall–Kier alpha value is -1.39. The number of carbonyl (C=O) groups is 1. The fraction of sp³-hybridized carbons (Fsp3) is 0.350. The zero-order chi connectivity index (χ0) is 17.4. The maximum absolute atomic E-state index is 12.2.